The van der Waals surface area contributed by atoms with Gasteiger partial charge in [0, 0.05) is 22.8 Å². The Morgan fingerprint density at radius 3 is 2.79 bits per heavy atom. The molecule has 6 nitrogen and oxygen atoms in total. The quantitative estimate of drug-likeness (QED) is 0.516. The minimum Gasteiger partial charge on any atom is -0.507 e. The number of halogens is 3. The molecule has 0 saturated carbocycles. The average molecular weight is 469 g/mol. The second-order valence-corrected chi connectivity index (χ2v) is 7.61. The van der Waals surface area contributed by atoms with Gasteiger partial charge >= 0.3 is 0 Å². The van der Waals surface area contributed by atoms with E-state index in [4.69, 9.17) is 0 Å². The first-order valence-corrected chi connectivity index (χ1v) is 9.82. The summed E-state index contributed by atoms with van der Waals surface area (Å²) in [5.74, 6) is 0.0166. The van der Waals surface area contributed by atoms with E-state index in [-0.39, 0.29) is 22.8 Å². The van der Waals surface area contributed by atoms with Gasteiger partial charge in [0.1, 0.15) is 5.75 Å². The van der Waals surface area contributed by atoms with Crippen molar-refractivity contribution >= 4 is 39.3 Å². The van der Waals surface area contributed by atoms with Crippen LogP contribution in [0.4, 0.5) is 14.5 Å². The second kappa shape index (κ2) is 8.70. The van der Waals surface area contributed by atoms with Gasteiger partial charge < -0.3 is 15.0 Å². The molecule has 0 aliphatic carbocycles. The highest BCUT2D eigenvalue weighted by Crippen LogP contribution is 2.32. The van der Waals surface area contributed by atoms with Crippen LogP contribution in [0.2, 0.25) is 0 Å². The number of hydrogen-bond donors (Lipinski definition) is 2. The van der Waals surface area contributed by atoms with Gasteiger partial charge in [-0.05, 0) is 24.3 Å². The molecule has 0 atom stereocenters. The van der Waals surface area contributed by atoms with Crippen LogP contribution in [0.5, 0.6) is 5.75 Å². The molecule has 3 rings (SSSR count). The number of amides is 1. The van der Waals surface area contributed by atoms with E-state index in [2.05, 4.69) is 31.4 Å². The van der Waals surface area contributed by atoms with E-state index < -0.39 is 12.3 Å². The van der Waals surface area contributed by atoms with Crippen molar-refractivity contribution in [3.8, 4) is 17.1 Å². The molecule has 0 saturated heterocycles. The molecule has 3 aromatic rings. The van der Waals surface area contributed by atoms with Crippen LogP contribution in [0.3, 0.4) is 0 Å². The molecule has 10 heteroatoms. The zero-order chi connectivity index (χ0) is 20.3. The van der Waals surface area contributed by atoms with Gasteiger partial charge in [0.2, 0.25) is 5.91 Å². The van der Waals surface area contributed by atoms with E-state index in [9.17, 15) is 18.7 Å². The van der Waals surface area contributed by atoms with E-state index in [0.29, 0.717) is 16.5 Å². The van der Waals surface area contributed by atoms with Gasteiger partial charge in [0.15, 0.2) is 11.0 Å². The first-order valence-electron chi connectivity index (χ1n) is 8.05. The Morgan fingerprint density at radius 2 is 2.04 bits per heavy atom. The molecule has 1 amide bonds. The molecule has 2 N–H and O–H groups in total. The Bertz CT molecular complexity index is 1010. The number of phenols is 1. The van der Waals surface area contributed by atoms with Crippen LogP contribution in [0, 0.1) is 0 Å². The number of alkyl halides is 2. The van der Waals surface area contributed by atoms with Gasteiger partial charge in [-0.15, -0.1) is 10.2 Å². The molecular weight excluding hydrogens is 454 g/mol. The molecule has 0 aliphatic heterocycles. The SMILES string of the molecule is Cn1c(SCC(=O)Nc2ccccc2C(F)F)nnc1-c1cc(Br)ccc1O. The molecule has 0 radical (unpaired) electrons. The number of carbonyl (C=O) groups excluding carboxylic acids is 1. The Labute approximate surface area is 172 Å². The number of benzene rings is 2. The molecule has 146 valence electrons. The molecule has 28 heavy (non-hydrogen) atoms. The minimum absolute atomic E-state index is 0.0337. The summed E-state index contributed by atoms with van der Waals surface area (Å²) in [4.78, 5) is 12.2. The number of carbonyl (C=O) groups is 1. The zero-order valence-electron chi connectivity index (χ0n) is 14.6. The first-order chi connectivity index (χ1) is 13.4. The summed E-state index contributed by atoms with van der Waals surface area (Å²) in [6, 6.07) is 10.7. The first kappa shape index (κ1) is 20.3. The van der Waals surface area contributed by atoms with Crippen LogP contribution in [0.15, 0.2) is 52.1 Å². The zero-order valence-corrected chi connectivity index (χ0v) is 17.0. The number of thioether (sulfide) groups is 1. The second-order valence-electron chi connectivity index (χ2n) is 5.75. The average Bonchev–Trinajstić information content (AvgIpc) is 3.02. The third kappa shape index (κ3) is 4.50. The summed E-state index contributed by atoms with van der Waals surface area (Å²) < 4.78 is 28.4. The molecule has 2 aromatic carbocycles. The van der Waals surface area contributed by atoms with Crippen molar-refractivity contribution in [2.24, 2.45) is 7.05 Å². The van der Waals surface area contributed by atoms with E-state index in [0.717, 1.165) is 16.2 Å². The maximum atomic E-state index is 13.0. The highest BCUT2D eigenvalue weighted by atomic mass is 79.9. The minimum atomic E-state index is -2.68. The van der Waals surface area contributed by atoms with Crippen molar-refractivity contribution in [1.29, 1.82) is 0 Å². The lowest BCUT2D eigenvalue weighted by atomic mass is 10.2. The smallest absolute Gasteiger partial charge is 0.265 e. The molecule has 0 aliphatic rings. The van der Waals surface area contributed by atoms with Crippen LogP contribution in [-0.4, -0.2) is 31.5 Å². The Balaban J connectivity index is 1.70. The number of nitrogens with one attached hydrogen (secondary N) is 1. The summed E-state index contributed by atoms with van der Waals surface area (Å²) in [5, 5.41) is 21.1. The lowest BCUT2D eigenvalue weighted by Crippen LogP contribution is -2.15. The number of aromatic hydroxyl groups is 1. The van der Waals surface area contributed by atoms with Crippen LogP contribution in [0.1, 0.15) is 12.0 Å². The number of phenolic OH excluding ortho intramolecular Hbond substituents is 1. The summed E-state index contributed by atoms with van der Waals surface area (Å²) in [6.45, 7) is 0. The summed E-state index contributed by atoms with van der Waals surface area (Å²) in [6.07, 6.45) is -2.68. The van der Waals surface area contributed by atoms with Crippen molar-refractivity contribution in [3.05, 3.63) is 52.5 Å². The van der Waals surface area contributed by atoms with Crippen molar-refractivity contribution in [2.45, 2.75) is 11.6 Å². The van der Waals surface area contributed by atoms with E-state index in [1.807, 2.05) is 0 Å². The normalized spacial score (nSPS) is 11.0. The van der Waals surface area contributed by atoms with Crippen LogP contribution >= 0.6 is 27.7 Å². The number of anilines is 1. The highest BCUT2D eigenvalue weighted by Gasteiger charge is 2.17. The molecule has 1 aromatic heterocycles. The number of aromatic nitrogens is 3. The van der Waals surface area contributed by atoms with E-state index in [1.165, 1.54) is 24.3 Å². The molecule has 0 unspecified atom stereocenters. The van der Waals surface area contributed by atoms with Gasteiger partial charge in [0.25, 0.3) is 6.43 Å². The maximum absolute atomic E-state index is 13.0. The van der Waals surface area contributed by atoms with Crippen molar-refractivity contribution in [1.82, 2.24) is 14.8 Å². The lowest BCUT2D eigenvalue weighted by molar-refractivity contribution is -0.113. The van der Waals surface area contributed by atoms with Crippen molar-refractivity contribution in [2.75, 3.05) is 11.1 Å². The number of rotatable bonds is 6. The predicted octanol–water partition coefficient (Wildman–Crippen LogP) is 4.62. The van der Waals surface area contributed by atoms with Gasteiger partial charge in [-0.25, -0.2) is 8.78 Å². The molecule has 0 spiro atoms. The summed E-state index contributed by atoms with van der Waals surface area (Å²) >= 11 is 4.45. The summed E-state index contributed by atoms with van der Waals surface area (Å²) in [5.41, 5.74) is 0.347. The monoisotopic (exact) mass is 468 g/mol. The van der Waals surface area contributed by atoms with Gasteiger partial charge in [-0.2, -0.15) is 0 Å². The highest BCUT2D eigenvalue weighted by molar-refractivity contribution is 9.10. The van der Waals surface area contributed by atoms with Crippen LogP contribution < -0.4 is 5.32 Å². The van der Waals surface area contributed by atoms with Crippen LogP contribution in [-0.2, 0) is 11.8 Å². The number of nitrogens with zero attached hydrogens (tertiary/aromatic N) is 3. The third-order valence-electron chi connectivity index (χ3n) is 3.84. The molecule has 0 bridgehead atoms. The fourth-order valence-electron chi connectivity index (χ4n) is 2.48. The van der Waals surface area contributed by atoms with Crippen LogP contribution in [0.25, 0.3) is 11.4 Å². The standard InChI is InChI=1S/C18H15BrF2N4O2S/c1-25-17(12-8-10(19)6-7-14(12)26)23-24-18(25)28-9-15(27)22-13-5-3-2-4-11(13)16(20)21/h2-8,16,26H,9H2,1H3,(H,22,27). The Kier molecular flexibility index (Phi) is 6.30. The van der Waals surface area contributed by atoms with Gasteiger partial charge in [0.05, 0.1) is 11.3 Å². The topological polar surface area (TPSA) is 80.0 Å². The Hall–Kier alpha value is -2.46. The van der Waals surface area contributed by atoms with Crippen molar-refractivity contribution < 1.29 is 18.7 Å². The van der Waals surface area contributed by atoms with Crippen molar-refractivity contribution in [3.63, 3.8) is 0 Å². The summed E-state index contributed by atoms with van der Waals surface area (Å²) in [7, 11) is 1.71. The molecule has 1 heterocycles. The van der Waals surface area contributed by atoms with E-state index >= 15 is 0 Å². The largest absolute Gasteiger partial charge is 0.507 e. The predicted molar refractivity (Wildman–Crippen MR) is 107 cm³/mol. The van der Waals surface area contributed by atoms with E-state index in [1.54, 1.807) is 29.8 Å². The Morgan fingerprint density at radius 1 is 1.29 bits per heavy atom. The molecular formula is C18H15BrF2N4O2S. The van der Waals surface area contributed by atoms with Gasteiger partial charge in [-0.3, -0.25) is 4.79 Å². The third-order valence-corrected chi connectivity index (χ3v) is 5.35. The number of hydrogen-bond acceptors (Lipinski definition) is 5. The molecule has 0 fully saturated rings. The fourth-order valence-corrected chi connectivity index (χ4v) is 3.55. The number of para-hydroxylation sites is 1. The van der Waals surface area contributed by atoms with Gasteiger partial charge in [-0.1, -0.05) is 45.9 Å². The fraction of sp³-hybridized carbons (Fsp3) is 0.167. The lowest BCUT2D eigenvalue weighted by Gasteiger charge is -2.10. The maximum Gasteiger partial charge on any atom is 0.265 e.